The van der Waals surface area contributed by atoms with E-state index in [9.17, 15) is 14.4 Å². The number of carbonyl (C=O) groups excluding carboxylic acids is 2. The number of hydrogen-bond donors (Lipinski definition) is 1. The molecule has 1 amide bonds. The molecule has 7 nitrogen and oxygen atoms in total. The van der Waals surface area contributed by atoms with Crippen molar-refractivity contribution in [1.82, 2.24) is 4.90 Å². The van der Waals surface area contributed by atoms with Crippen LogP contribution in [0.25, 0.3) is 0 Å². The molecule has 2 aromatic carbocycles. The van der Waals surface area contributed by atoms with Crippen molar-refractivity contribution in [3.8, 4) is 5.75 Å². The first-order valence-electron chi connectivity index (χ1n) is 12.3. The number of aliphatic carboxylic acids is 1. The van der Waals surface area contributed by atoms with Gasteiger partial charge in [0.15, 0.2) is 0 Å². The van der Waals surface area contributed by atoms with Crippen molar-refractivity contribution >= 4 is 17.8 Å². The summed E-state index contributed by atoms with van der Waals surface area (Å²) in [6.45, 7) is 1.09. The number of carboxylic acids is 1. The number of amides is 1. The number of fused-ring (bicyclic) bond motifs is 1. The van der Waals surface area contributed by atoms with E-state index < -0.39 is 5.97 Å². The fourth-order valence-corrected chi connectivity index (χ4v) is 5.09. The summed E-state index contributed by atoms with van der Waals surface area (Å²) in [7, 11) is 1.62. The Hall–Kier alpha value is -3.35. The number of Topliss-reactive ketones (excluding diaryl/α,β-unsaturated/α-hetero) is 1. The normalized spacial score (nSPS) is 19.5. The van der Waals surface area contributed by atoms with E-state index in [1.165, 1.54) is 5.56 Å². The molecule has 0 aromatic heterocycles. The molecule has 2 aliphatic rings. The lowest BCUT2D eigenvalue weighted by Gasteiger charge is -2.32. The van der Waals surface area contributed by atoms with Gasteiger partial charge in [0, 0.05) is 32.4 Å². The summed E-state index contributed by atoms with van der Waals surface area (Å²) in [6.07, 6.45) is 4.25. The van der Waals surface area contributed by atoms with E-state index in [1.807, 2.05) is 36.4 Å². The Morgan fingerprint density at radius 2 is 1.71 bits per heavy atom. The Morgan fingerprint density at radius 1 is 0.971 bits per heavy atom. The fourth-order valence-electron chi connectivity index (χ4n) is 5.09. The van der Waals surface area contributed by atoms with Crippen LogP contribution >= 0.6 is 0 Å². The minimum Gasteiger partial charge on any atom is -0.497 e. The van der Waals surface area contributed by atoms with Crippen LogP contribution in [0.5, 0.6) is 5.75 Å². The minimum atomic E-state index is -0.762. The van der Waals surface area contributed by atoms with Gasteiger partial charge in [-0.15, -0.1) is 0 Å². The number of hydrogen-bond acceptors (Lipinski definition) is 5. The Labute approximate surface area is 206 Å². The molecule has 186 valence electrons. The van der Waals surface area contributed by atoms with Crippen LogP contribution in [0.3, 0.4) is 0 Å². The van der Waals surface area contributed by atoms with Crippen LogP contribution in [-0.2, 0) is 40.1 Å². The van der Waals surface area contributed by atoms with Crippen molar-refractivity contribution in [2.45, 2.75) is 64.0 Å². The van der Waals surface area contributed by atoms with Gasteiger partial charge in [-0.3, -0.25) is 9.59 Å². The van der Waals surface area contributed by atoms with Crippen LogP contribution in [0.4, 0.5) is 4.79 Å². The topological polar surface area (TPSA) is 93.1 Å². The highest BCUT2D eigenvalue weighted by molar-refractivity contribution is 5.83. The molecular weight excluding hydrogens is 446 g/mol. The number of nitrogens with zero attached hydrogens (tertiary/aromatic N) is 1. The Kier molecular flexibility index (Phi) is 8.06. The zero-order chi connectivity index (χ0) is 24.8. The standard InChI is InChI=1S/C28H33NO6/c1-34-26-4-2-3-20(16-26)14-24(30)15-21-5-8-23-18-29(12-11-22(23)13-21)28(33)35-25-9-6-19(7-10-25)17-27(31)32/h2-5,8,13,16,19,25H,6-7,9-12,14-15,17-18H2,1H3,(H,31,32). The molecule has 35 heavy (non-hydrogen) atoms. The van der Waals surface area contributed by atoms with Crippen molar-refractivity contribution in [3.05, 3.63) is 64.7 Å². The highest BCUT2D eigenvalue weighted by Crippen LogP contribution is 2.29. The van der Waals surface area contributed by atoms with Crippen LogP contribution in [0.1, 0.15) is 54.4 Å². The number of methoxy groups -OCH3 is 1. The van der Waals surface area contributed by atoms with Gasteiger partial charge in [0.2, 0.25) is 0 Å². The summed E-state index contributed by atoms with van der Waals surface area (Å²) in [6, 6.07) is 13.7. The number of benzene rings is 2. The van der Waals surface area contributed by atoms with Gasteiger partial charge in [0.1, 0.15) is 17.6 Å². The van der Waals surface area contributed by atoms with Crippen molar-refractivity contribution in [2.75, 3.05) is 13.7 Å². The first kappa shape index (κ1) is 24.8. The van der Waals surface area contributed by atoms with E-state index in [-0.39, 0.29) is 30.3 Å². The van der Waals surface area contributed by atoms with E-state index in [1.54, 1.807) is 12.0 Å². The van der Waals surface area contributed by atoms with E-state index in [4.69, 9.17) is 14.6 Å². The van der Waals surface area contributed by atoms with Crippen LogP contribution in [0, 0.1) is 5.92 Å². The smallest absolute Gasteiger partial charge is 0.410 e. The molecule has 0 saturated heterocycles. The molecule has 0 unspecified atom stereocenters. The Morgan fingerprint density at radius 3 is 2.43 bits per heavy atom. The van der Waals surface area contributed by atoms with Crippen molar-refractivity contribution in [2.24, 2.45) is 5.92 Å². The minimum absolute atomic E-state index is 0.132. The van der Waals surface area contributed by atoms with Gasteiger partial charge in [0.25, 0.3) is 0 Å². The summed E-state index contributed by atoms with van der Waals surface area (Å²) in [5, 5.41) is 8.95. The van der Waals surface area contributed by atoms with E-state index in [2.05, 4.69) is 6.07 Å². The lowest BCUT2D eigenvalue weighted by Crippen LogP contribution is -2.39. The third kappa shape index (κ3) is 6.84. The molecule has 1 fully saturated rings. The summed E-state index contributed by atoms with van der Waals surface area (Å²) >= 11 is 0. The van der Waals surface area contributed by atoms with Crippen molar-refractivity contribution < 1.29 is 29.0 Å². The average molecular weight is 480 g/mol. The monoisotopic (exact) mass is 479 g/mol. The highest BCUT2D eigenvalue weighted by atomic mass is 16.6. The highest BCUT2D eigenvalue weighted by Gasteiger charge is 2.28. The largest absolute Gasteiger partial charge is 0.497 e. The average Bonchev–Trinajstić information content (AvgIpc) is 2.84. The van der Waals surface area contributed by atoms with Crippen LogP contribution in [-0.4, -0.2) is 47.6 Å². The van der Waals surface area contributed by atoms with Gasteiger partial charge in [-0.25, -0.2) is 4.79 Å². The number of carbonyl (C=O) groups is 3. The summed E-state index contributed by atoms with van der Waals surface area (Å²) < 4.78 is 11.0. The number of ketones is 1. The molecule has 1 aliphatic carbocycles. The number of ether oxygens (including phenoxy) is 2. The molecule has 0 atom stereocenters. The van der Waals surface area contributed by atoms with Gasteiger partial charge in [0.05, 0.1) is 7.11 Å². The Balaban J connectivity index is 1.27. The maximum Gasteiger partial charge on any atom is 0.410 e. The number of rotatable bonds is 8. The maximum absolute atomic E-state index is 12.7. The third-order valence-corrected chi connectivity index (χ3v) is 7.00. The first-order valence-corrected chi connectivity index (χ1v) is 12.3. The molecular formula is C28H33NO6. The second-order valence-corrected chi connectivity index (χ2v) is 9.64. The zero-order valence-corrected chi connectivity index (χ0v) is 20.2. The van der Waals surface area contributed by atoms with Crippen LogP contribution in [0.2, 0.25) is 0 Å². The predicted octanol–water partition coefficient (Wildman–Crippen LogP) is 4.58. The quantitative estimate of drug-likeness (QED) is 0.596. The Bertz CT molecular complexity index is 1070. The lowest BCUT2D eigenvalue weighted by molar-refractivity contribution is -0.138. The third-order valence-electron chi connectivity index (χ3n) is 7.00. The van der Waals surface area contributed by atoms with E-state index in [0.29, 0.717) is 25.9 Å². The maximum atomic E-state index is 12.7. The molecule has 1 saturated carbocycles. The molecule has 4 rings (SSSR count). The molecule has 7 heteroatoms. The van der Waals surface area contributed by atoms with Crippen molar-refractivity contribution in [3.63, 3.8) is 0 Å². The SMILES string of the molecule is COc1cccc(CC(=O)Cc2ccc3c(c2)CCN(C(=O)OC2CCC(CC(=O)O)CC2)C3)c1. The predicted molar refractivity (Wildman–Crippen MR) is 130 cm³/mol. The fraction of sp³-hybridized carbons (Fsp3) is 0.464. The van der Waals surface area contributed by atoms with Crippen LogP contribution in [0.15, 0.2) is 42.5 Å². The van der Waals surface area contributed by atoms with Gasteiger partial charge in [-0.1, -0.05) is 30.3 Å². The molecule has 0 spiro atoms. The second-order valence-electron chi connectivity index (χ2n) is 9.64. The first-order chi connectivity index (χ1) is 16.9. The molecule has 1 heterocycles. The van der Waals surface area contributed by atoms with E-state index in [0.717, 1.165) is 54.5 Å². The summed E-state index contributed by atoms with van der Waals surface area (Å²) in [5.41, 5.74) is 4.19. The summed E-state index contributed by atoms with van der Waals surface area (Å²) in [5.74, 6) is 0.318. The molecule has 0 radical (unpaired) electrons. The second kappa shape index (κ2) is 11.4. The molecule has 1 N–H and O–H groups in total. The lowest BCUT2D eigenvalue weighted by atomic mass is 9.85. The van der Waals surface area contributed by atoms with E-state index >= 15 is 0 Å². The molecule has 2 aromatic rings. The van der Waals surface area contributed by atoms with Crippen molar-refractivity contribution in [1.29, 1.82) is 0 Å². The molecule has 0 bridgehead atoms. The van der Waals surface area contributed by atoms with Gasteiger partial charge < -0.3 is 19.5 Å². The van der Waals surface area contributed by atoms with Crippen LogP contribution < -0.4 is 4.74 Å². The zero-order valence-electron chi connectivity index (χ0n) is 20.2. The number of carboxylic acid groups (broad SMARTS) is 1. The molecule has 1 aliphatic heterocycles. The van der Waals surface area contributed by atoms with Gasteiger partial charge in [-0.2, -0.15) is 0 Å². The van der Waals surface area contributed by atoms with Gasteiger partial charge in [-0.05, 0) is 72.4 Å². The summed E-state index contributed by atoms with van der Waals surface area (Å²) in [4.78, 5) is 38.0. The van der Waals surface area contributed by atoms with Gasteiger partial charge >= 0.3 is 12.1 Å².